The van der Waals surface area contributed by atoms with Gasteiger partial charge in [-0.1, -0.05) is 332 Å². The van der Waals surface area contributed by atoms with E-state index in [4.69, 9.17) is 35.4 Å². The molecule has 694 valence electrons. The number of H-pyrrole nitrogens is 1. The topological polar surface area (TPSA) is 327 Å². The molecule has 0 saturated heterocycles. The SMILES string of the molecule is C.CC(C)Cc1ccccc1O.CC(C)Cc1ccccc1OS(N)(=O)=O.CC(C)c1ccccc1-c1cn[nH]n1.COc1ccc(C(C)C)c(C(=O)O)c1.Cc1ccc(C(C)C)c(C(=O)O)c1.Cc1ccc(C(C)C)c(C(=O)O)c1.Cc1ccc(C(C)C)c(C(=O)O)c1.Cc1ccc(C(C)C)c(C(=O)O)c1.Cc1ccccc1C(C)C.Cc1ccccc1CC(C)C. The van der Waals surface area contributed by atoms with Crippen molar-refractivity contribution in [2.75, 3.05) is 7.11 Å². The molecule has 0 aliphatic heterocycles. The number of hydrogen-bond donors (Lipinski definition) is 8. The van der Waals surface area contributed by atoms with E-state index in [1.54, 1.807) is 66.9 Å². The summed E-state index contributed by atoms with van der Waals surface area (Å²) in [5, 5.41) is 69.5. The Bertz CT molecular complexity index is 5010. The molecule has 1 heterocycles. The molecule has 10 aromatic carbocycles. The lowest BCUT2D eigenvalue weighted by Gasteiger charge is -2.10. The molecule has 0 saturated carbocycles. The van der Waals surface area contributed by atoms with Crippen LogP contribution >= 0.6 is 0 Å². The Labute approximate surface area is 765 Å². The molecule has 11 rings (SSSR count). The maximum Gasteiger partial charge on any atom is 0.380 e. The first kappa shape index (κ1) is 114. The van der Waals surface area contributed by atoms with E-state index in [2.05, 4.69) is 156 Å². The highest BCUT2D eigenvalue weighted by molar-refractivity contribution is 7.84. The van der Waals surface area contributed by atoms with Crippen molar-refractivity contribution in [3.8, 4) is 28.5 Å². The summed E-state index contributed by atoms with van der Waals surface area (Å²) in [6.45, 7) is 53.6. The standard InChI is InChI=1S/C11H13N3.C11H14O3.4C11H14O2.C11H16.C10H15NO3S.C10H14O.C10H14.CH4/c1-8(2)9-5-3-4-6-10(9)11-7-12-14-13-11;1-7(2)9-5-4-8(14-3)6-10(9)11(12)13;4*1-7(2)9-5-4-8(3)6-10(9)11(12)13;1-9(2)8-11-7-5-4-6-10(11)3;1-8(2)7-9-5-3-4-6-10(9)14-15(11,12)13;1-8(2)7-9-5-3-4-6-10(9)11;1-8(2)10-7-5-4-6-9(10)3;/h3-8H,1-2H3,(H,12,13,14);4-7H,1-3H3,(H,12,13);4*4-7H,1-3H3,(H,12,13);4-7,9H,8H2,1-3H3;3-6,8H,7H2,1-2H3,(H2,11,12,13);3-6,8,11H,7H2,1-2H3;4-8H,1-3H3;1H4. The maximum atomic E-state index is 10.9. The molecule has 0 fully saturated rings. The van der Waals surface area contributed by atoms with Crippen molar-refractivity contribution in [3.05, 3.63) is 335 Å². The Morgan fingerprint density at radius 3 is 0.969 bits per heavy atom. The summed E-state index contributed by atoms with van der Waals surface area (Å²) in [4.78, 5) is 54.5. The zero-order valence-corrected chi connectivity index (χ0v) is 80.7. The van der Waals surface area contributed by atoms with E-state index in [1.807, 2.05) is 196 Å². The number of nitrogens with one attached hydrogen (secondary N) is 1. The van der Waals surface area contributed by atoms with Gasteiger partial charge < -0.3 is 39.6 Å². The average molecular weight is 1770 g/mol. The Morgan fingerprint density at radius 1 is 0.359 bits per heavy atom. The van der Waals surface area contributed by atoms with Crippen LogP contribution in [0, 0.1) is 59.3 Å². The van der Waals surface area contributed by atoms with Crippen molar-refractivity contribution in [1.82, 2.24) is 15.4 Å². The number of aromatic amines is 1. The van der Waals surface area contributed by atoms with E-state index >= 15 is 0 Å². The molecule has 0 amide bonds. The highest BCUT2D eigenvalue weighted by Gasteiger charge is 2.19. The Morgan fingerprint density at radius 2 is 0.656 bits per heavy atom. The third kappa shape index (κ3) is 42.1. The lowest BCUT2D eigenvalue weighted by Crippen LogP contribution is -2.19. The van der Waals surface area contributed by atoms with Crippen LogP contribution in [0.2, 0.25) is 0 Å². The molecule has 9 N–H and O–H groups in total. The zero-order chi connectivity index (χ0) is 96.3. The first-order chi connectivity index (χ1) is 59.4. The maximum absolute atomic E-state index is 10.9. The molecule has 0 spiro atoms. The zero-order valence-electron chi connectivity index (χ0n) is 79.9. The second kappa shape index (κ2) is 57.7. The van der Waals surface area contributed by atoms with Crippen molar-refractivity contribution in [1.29, 1.82) is 0 Å². The second-order valence-electron chi connectivity index (χ2n) is 34.8. The van der Waals surface area contributed by atoms with Crippen molar-refractivity contribution < 1.29 is 71.9 Å². The molecule has 0 radical (unpaired) electrons. The van der Waals surface area contributed by atoms with Gasteiger partial charge in [-0.2, -0.15) is 29.0 Å². The van der Waals surface area contributed by atoms with Gasteiger partial charge in [-0.3, -0.25) is 0 Å². The molecule has 0 bridgehead atoms. The van der Waals surface area contributed by atoms with Crippen molar-refractivity contribution in [2.45, 2.75) is 248 Å². The van der Waals surface area contributed by atoms with E-state index in [0.29, 0.717) is 68.7 Å². The highest BCUT2D eigenvalue weighted by Crippen LogP contribution is 2.30. The Kier molecular flexibility index (Phi) is 51.4. The van der Waals surface area contributed by atoms with Crippen LogP contribution in [0.4, 0.5) is 0 Å². The first-order valence-electron chi connectivity index (χ1n) is 43.3. The monoisotopic (exact) mass is 1770 g/mol. The Balaban J connectivity index is 0.000000712. The number of ether oxygens (including phenoxy) is 1. The quantitative estimate of drug-likeness (QED) is 0.0312. The van der Waals surface area contributed by atoms with Crippen LogP contribution in [-0.2, 0) is 29.6 Å². The van der Waals surface area contributed by atoms with Crippen LogP contribution in [0.5, 0.6) is 17.2 Å². The minimum Gasteiger partial charge on any atom is -0.508 e. The fourth-order valence-corrected chi connectivity index (χ4v) is 13.7. The number of rotatable bonds is 22. The summed E-state index contributed by atoms with van der Waals surface area (Å²) in [6.07, 6.45) is 4.66. The molecule has 11 aromatic rings. The first-order valence-corrected chi connectivity index (χ1v) is 44.8. The van der Waals surface area contributed by atoms with Crippen LogP contribution in [0.1, 0.15) is 328 Å². The molecular weight excluding hydrogens is 1630 g/mol. The highest BCUT2D eigenvalue weighted by atomic mass is 32.2. The van der Waals surface area contributed by atoms with Gasteiger partial charge in [0.1, 0.15) is 22.9 Å². The number of aromatic nitrogens is 3. The van der Waals surface area contributed by atoms with E-state index in [9.17, 15) is 37.5 Å². The number of aromatic hydroxyl groups is 1. The van der Waals surface area contributed by atoms with Gasteiger partial charge in [-0.25, -0.2) is 24.0 Å². The van der Waals surface area contributed by atoms with Gasteiger partial charge in [0.2, 0.25) is 0 Å². The number of hydrogen-bond acceptors (Lipinski definition) is 12. The Hall–Kier alpha value is -12.0. The summed E-state index contributed by atoms with van der Waals surface area (Å²) in [7, 11) is -2.41. The second-order valence-corrected chi connectivity index (χ2v) is 35.9. The largest absolute Gasteiger partial charge is 0.508 e. The lowest BCUT2D eigenvalue weighted by atomic mass is 9.96. The fourth-order valence-electron chi connectivity index (χ4n) is 13.3. The summed E-state index contributed by atoms with van der Waals surface area (Å²) in [5.74, 6) is 1.21. The number of para-hydroxylation sites is 2. The number of phenols is 1. The molecule has 19 nitrogen and oxygen atoms in total. The van der Waals surface area contributed by atoms with Crippen LogP contribution in [-0.4, -0.2) is 91.4 Å². The van der Waals surface area contributed by atoms with Crippen LogP contribution in [0.25, 0.3) is 11.3 Å². The number of nitrogens with zero attached hydrogens (tertiary/aromatic N) is 2. The van der Waals surface area contributed by atoms with Crippen molar-refractivity contribution >= 4 is 40.2 Å². The van der Waals surface area contributed by atoms with Gasteiger partial charge in [-0.15, -0.1) is 0 Å². The normalized spacial score (nSPS) is 10.5. The van der Waals surface area contributed by atoms with Crippen LogP contribution < -0.4 is 14.1 Å². The molecule has 20 heteroatoms. The van der Waals surface area contributed by atoms with E-state index in [1.165, 1.54) is 41.3 Å². The molecule has 128 heavy (non-hydrogen) atoms. The molecule has 0 aliphatic carbocycles. The summed E-state index contributed by atoms with van der Waals surface area (Å²) >= 11 is 0. The van der Waals surface area contributed by atoms with E-state index < -0.39 is 40.2 Å². The number of carboxylic acid groups (broad SMARTS) is 5. The minimum absolute atomic E-state index is 0. The molecule has 0 atom stereocenters. The molecule has 0 unspecified atom stereocenters. The number of carbonyl (C=O) groups is 5. The number of aromatic carboxylic acids is 5. The number of aryl methyl sites for hydroxylation is 6. The number of methoxy groups -OCH3 is 1. The molecule has 0 aliphatic rings. The van der Waals surface area contributed by atoms with Gasteiger partial charge in [0.05, 0.1) is 41.1 Å². The van der Waals surface area contributed by atoms with Gasteiger partial charge in [0.25, 0.3) is 0 Å². The molecular formula is C108H146N4O15S. The molecule has 1 aromatic heterocycles. The number of benzene rings is 10. The van der Waals surface area contributed by atoms with Gasteiger partial charge in [-0.05, 0) is 235 Å². The average Bonchev–Trinajstić information content (AvgIpc) is 1.81. The number of phenolic OH excluding ortho intramolecular Hbond substituents is 1. The van der Waals surface area contributed by atoms with Gasteiger partial charge in [0, 0.05) is 5.56 Å². The summed E-state index contributed by atoms with van der Waals surface area (Å²) < 4.78 is 31.2. The fraction of sp³-hybridized carbons (Fsp3) is 0.380. The number of nitrogens with two attached hydrogens (primary N) is 1. The third-order valence-corrected chi connectivity index (χ3v) is 20.2. The third-order valence-electron chi connectivity index (χ3n) is 19.8. The van der Waals surface area contributed by atoms with Crippen molar-refractivity contribution in [3.63, 3.8) is 0 Å². The number of carboxylic acids is 5. The van der Waals surface area contributed by atoms with Crippen LogP contribution in [0.3, 0.4) is 0 Å². The van der Waals surface area contributed by atoms with Gasteiger partial charge >= 0.3 is 40.2 Å². The summed E-state index contributed by atoms with van der Waals surface area (Å²) in [5.41, 5.74) is 21.5. The predicted molar refractivity (Wildman–Crippen MR) is 526 cm³/mol. The summed E-state index contributed by atoms with van der Waals surface area (Å²) in [6, 6.07) is 67.3. The smallest absolute Gasteiger partial charge is 0.380 e. The van der Waals surface area contributed by atoms with Crippen LogP contribution in [0.15, 0.2) is 219 Å². The van der Waals surface area contributed by atoms with E-state index in [0.717, 1.165) is 91.2 Å². The van der Waals surface area contributed by atoms with Crippen molar-refractivity contribution in [2.24, 2.45) is 22.9 Å². The predicted octanol–water partition coefficient (Wildman–Crippen LogP) is 27.4. The van der Waals surface area contributed by atoms with E-state index in [-0.39, 0.29) is 37.0 Å². The van der Waals surface area contributed by atoms with Gasteiger partial charge in [0.15, 0.2) is 0 Å². The minimum atomic E-state index is -3.94. The lowest BCUT2D eigenvalue weighted by molar-refractivity contribution is 0.0684.